The van der Waals surface area contributed by atoms with Gasteiger partial charge in [0.25, 0.3) is 0 Å². The fourth-order valence-corrected chi connectivity index (χ4v) is 1.53. The second-order valence-electron chi connectivity index (χ2n) is 4.27. The van der Waals surface area contributed by atoms with Crippen molar-refractivity contribution in [1.29, 1.82) is 0 Å². The maximum atomic E-state index is 13.1. The van der Waals surface area contributed by atoms with Gasteiger partial charge in [0, 0.05) is 18.8 Å². The smallest absolute Gasteiger partial charge is 0.125 e. The Morgan fingerprint density at radius 3 is 2.88 bits per heavy atom. The number of hydrogen-bond donors (Lipinski definition) is 1. The molecule has 0 amide bonds. The Morgan fingerprint density at radius 2 is 2.18 bits per heavy atom. The highest BCUT2D eigenvalue weighted by molar-refractivity contribution is 5.31. The molecule has 0 atom stereocenters. The van der Waals surface area contributed by atoms with Crippen LogP contribution in [0.25, 0.3) is 5.69 Å². The van der Waals surface area contributed by atoms with Crippen LogP contribution >= 0.6 is 0 Å². The third-order valence-corrected chi connectivity index (χ3v) is 2.41. The molecule has 0 aliphatic carbocycles. The normalized spacial score (nSPS) is 11.1. The van der Waals surface area contributed by atoms with Crippen LogP contribution in [-0.4, -0.2) is 15.8 Å². The zero-order valence-electron chi connectivity index (χ0n) is 10.0. The maximum Gasteiger partial charge on any atom is 0.125 e. The van der Waals surface area contributed by atoms with Gasteiger partial charge in [0.2, 0.25) is 0 Å². The second-order valence-corrected chi connectivity index (χ2v) is 4.27. The van der Waals surface area contributed by atoms with Crippen molar-refractivity contribution in [3.8, 4) is 5.69 Å². The largest absolute Gasteiger partial charge is 0.309 e. The van der Waals surface area contributed by atoms with Crippen LogP contribution in [0.15, 0.2) is 36.5 Å². The van der Waals surface area contributed by atoms with Crippen molar-refractivity contribution in [3.63, 3.8) is 0 Å². The van der Waals surface area contributed by atoms with E-state index in [0.717, 1.165) is 17.9 Å². The van der Waals surface area contributed by atoms with Gasteiger partial charge < -0.3 is 5.32 Å². The molecular formula is C13H16FN3. The molecule has 2 aromatic rings. The Kier molecular flexibility index (Phi) is 3.54. The first kappa shape index (κ1) is 11.8. The third kappa shape index (κ3) is 3.14. The van der Waals surface area contributed by atoms with Gasteiger partial charge in [-0.2, -0.15) is 5.10 Å². The van der Waals surface area contributed by atoms with Crippen LogP contribution in [0.5, 0.6) is 0 Å². The summed E-state index contributed by atoms with van der Waals surface area (Å²) in [7, 11) is 0. The van der Waals surface area contributed by atoms with Crippen LogP contribution in [0.3, 0.4) is 0 Å². The van der Waals surface area contributed by atoms with E-state index < -0.39 is 0 Å². The predicted octanol–water partition coefficient (Wildman–Crippen LogP) is 2.51. The van der Waals surface area contributed by atoms with Crippen LogP contribution in [-0.2, 0) is 6.54 Å². The molecule has 0 bridgehead atoms. The summed E-state index contributed by atoms with van der Waals surface area (Å²) in [5.41, 5.74) is 1.68. The number of aromatic nitrogens is 2. The van der Waals surface area contributed by atoms with E-state index in [1.165, 1.54) is 12.1 Å². The van der Waals surface area contributed by atoms with E-state index in [4.69, 9.17) is 0 Å². The van der Waals surface area contributed by atoms with Crippen LogP contribution in [0, 0.1) is 5.82 Å². The third-order valence-electron chi connectivity index (χ3n) is 2.41. The predicted molar refractivity (Wildman–Crippen MR) is 65.5 cm³/mol. The lowest BCUT2D eigenvalue weighted by Gasteiger charge is -2.05. The lowest BCUT2D eigenvalue weighted by molar-refractivity contribution is 0.577. The van der Waals surface area contributed by atoms with Gasteiger partial charge in [-0.15, -0.1) is 0 Å². The van der Waals surface area contributed by atoms with Crippen molar-refractivity contribution in [2.75, 3.05) is 0 Å². The highest BCUT2D eigenvalue weighted by atomic mass is 19.1. The van der Waals surface area contributed by atoms with Gasteiger partial charge in [0.05, 0.1) is 11.4 Å². The first-order valence-electron chi connectivity index (χ1n) is 5.69. The molecule has 1 heterocycles. The van der Waals surface area contributed by atoms with Crippen molar-refractivity contribution in [2.45, 2.75) is 26.4 Å². The second kappa shape index (κ2) is 5.10. The van der Waals surface area contributed by atoms with Gasteiger partial charge >= 0.3 is 0 Å². The molecule has 1 aromatic heterocycles. The lowest BCUT2D eigenvalue weighted by Crippen LogP contribution is -2.22. The zero-order valence-corrected chi connectivity index (χ0v) is 10.0. The van der Waals surface area contributed by atoms with Crippen molar-refractivity contribution < 1.29 is 4.39 Å². The Morgan fingerprint density at radius 1 is 1.35 bits per heavy atom. The van der Waals surface area contributed by atoms with Crippen molar-refractivity contribution in [3.05, 3.63) is 48.0 Å². The molecule has 0 saturated carbocycles. The van der Waals surface area contributed by atoms with Gasteiger partial charge in [-0.1, -0.05) is 19.9 Å². The average Bonchev–Trinajstić information content (AvgIpc) is 2.75. The zero-order chi connectivity index (χ0) is 12.3. The first-order valence-corrected chi connectivity index (χ1v) is 5.69. The first-order chi connectivity index (χ1) is 8.15. The van der Waals surface area contributed by atoms with Gasteiger partial charge in [0.1, 0.15) is 5.82 Å². The average molecular weight is 233 g/mol. The van der Waals surface area contributed by atoms with E-state index in [1.807, 2.05) is 18.3 Å². The number of rotatable bonds is 4. The highest BCUT2D eigenvalue weighted by Crippen LogP contribution is 2.09. The van der Waals surface area contributed by atoms with Crippen LogP contribution < -0.4 is 5.32 Å². The van der Waals surface area contributed by atoms with Gasteiger partial charge in [-0.05, 0) is 24.3 Å². The molecule has 0 aliphatic rings. The summed E-state index contributed by atoms with van der Waals surface area (Å²) in [6, 6.07) is 8.75. The standard InChI is InChI=1S/C13H16FN3/c1-10(2)15-9-12-6-7-17(16-12)13-5-3-4-11(14)8-13/h3-8,10,15H,9H2,1-2H3. The molecule has 0 unspecified atom stereocenters. The fourth-order valence-electron chi connectivity index (χ4n) is 1.53. The SMILES string of the molecule is CC(C)NCc1ccn(-c2cccc(F)c2)n1. The summed E-state index contributed by atoms with van der Waals surface area (Å²) in [6.45, 7) is 4.90. The topological polar surface area (TPSA) is 29.9 Å². The molecule has 2 rings (SSSR count). The number of benzene rings is 1. The molecule has 17 heavy (non-hydrogen) atoms. The summed E-state index contributed by atoms with van der Waals surface area (Å²) in [5, 5.41) is 7.67. The summed E-state index contributed by atoms with van der Waals surface area (Å²) in [5.74, 6) is -0.250. The van der Waals surface area contributed by atoms with Crippen LogP contribution in [0.2, 0.25) is 0 Å². The Hall–Kier alpha value is -1.68. The van der Waals surface area contributed by atoms with Crippen molar-refractivity contribution >= 4 is 0 Å². The number of nitrogens with zero attached hydrogens (tertiary/aromatic N) is 2. The van der Waals surface area contributed by atoms with Gasteiger partial charge in [-0.3, -0.25) is 0 Å². The van der Waals surface area contributed by atoms with Gasteiger partial charge in [-0.25, -0.2) is 9.07 Å². The number of halogens is 1. The molecule has 1 aromatic carbocycles. The molecule has 0 radical (unpaired) electrons. The van der Waals surface area contributed by atoms with E-state index in [9.17, 15) is 4.39 Å². The van der Waals surface area contributed by atoms with E-state index in [1.54, 1.807) is 10.7 Å². The van der Waals surface area contributed by atoms with Crippen molar-refractivity contribution in [1.82, 2.24) is 15.1 Å². The molecular weight excluding hydrogens is 217 g/mol. The van der Waals surface area contributed by atoms with E-state index in [-0.39, 0.29) is 5.82 Å². The van der Waals surface area contributed by atoms with E-state index >= 15 is 0 Å². The Balaban J connectivity index is 2.12. The summed E-state index contributed by atoms with van der Waals surface area (Å²) >= 11 is 0. The van der Waals surface area contributed by atoms with E-state index in [0.29, 0.717) is 6.04 Å². The summed E-state index contributed by atoms with van der Waals surface area (Å²) < 4.78 is 14.7. The van der Waals surface area contributed by atoms with Crippen LogP contribution in [0.4, 0.5) is 4.39 Å². The molecule has 90 valence electrons. The van der Waals surface area contributed by atoms with Crippen LogP contribution in [0.1, 0.15) is 19.5 Å². The Labute approximate surface area is 100 Å². The minimum Gasteiger partial charge on any atom is -0.309 e. The molecule has 3 nitrogen and oxygen atoms in total. The number of nitrogens with one attached hydrogen (secondary N) is 1. The molecule has 4 heteroatoms. The summed E-state index contributed by atoms with van der Waals surface area (Å²) in [4.78, 5) is 0. The lowest BCUT2D eigenvalue weighted by atomic mass is 10.3. The summed E-state index contributed by atoms with van der Waals surface area (Å²) in [6.07, 6.45) is 1.84. The fraction of sp³-hybridized carbons (Fsp3) is 0.308. The van der Waals surface area contributed by atoms with Gasteiger partial charge in [0.15, 0.2) is 0 Å². The minimum absolute atomic E-state index is 0.250. The maximum absolute atomic E-state index is 13.1. The monoisotopic (exact) mass is 233 g/mol. The molecule has 0 saturated heterocycles. The van der Waals surface area contributed by atoms with E-state index in [2.05, 4.69) is 24.3 Å². The highest BCUT2D eigenvalue weighted by Gasteiger charge is 2.02. The van der Waals surface area contributed by atoms with Crippen molar-refractivity contribution in [2.24, 2.45) is 0 Å². The number of hydrogen-bond acceptors (Lipinski definition) is 2. The molecule has 0 aliphatic heterocycles. The minimum atomic E-state index is -0.250. The molecule has 0 fully saturated rings. The Bertz CT molecular complexity index is 491. The quantitative estimate of drug-likeness (QED) is 0.879. The molecule has 0 spiro atoms. The molecule has 1 N–H and O–H groups in total.